The van der Waals surface area contributed by atoms with E-state index in [1.165, 1.54) is 142 Å². The van der Waals surface area contributed by atoms with Crippen LogP contribution in [0.15, 0.2) is 97.1 Å². The molecule has 2 nitrogen and oxygen atoms in total. The molecule has 394 valence electrons. The lowest BCUT2D eigenvalue weighted by Crippen LogP contribution is -2.61. The van der Waals surface area contributed by atoms with Crippen LogP contribution in [0.4, 0.5) is 28.4 Å². The number of rotatable bonds is 5. The molecule has 0 atom stereocenters. The van der Waals surface area contributed by atoms with Gasteiger partial charge in [-0.3, -0.25) is 0 Å². The Morgan fingerprint density at radius 2 is 1.07 bits per heavy atom. The first kappa shape index (κ1) is 51.9. The van der Waals surface area contributed by atoms with Gasteiger partial charge < -0.3 is 9.80 Å². The second-order valence-electron chi connectivity index (χ2n) is 30.7. The largest absolute Gasteiger partial charge is 0.337 e. The molecule has 0 N–H and O–H groups in total. The Kier molecular flexibility index (Phi) is 11.3. The molecule has 76 heavy (non-hydrogen) atoms. The van der Waals surface area contributed by atoms with Crippen molar-refractivity contribution in [1.82, 2.24) is 0 Å². The van der Waals surface area contributed by atoms with Gasteiger partial charge in [0, 0.05) is 44.2 Å². The van der Waals surface area contributed by atoms with Crippen LogP contribution >= 0.6 is 11.3 Å². The number of aryl methyl sites for hydroxylation is 1. The molecule has 5 heteroatoms. The van der Waals surface area contributed by atoms with E-state index < -0.39 is 8.07 Å². The molecule has 0 radical (unpaired) electrons. The van der Waals surface area contributed by atoms with E-state index in [1.54, 1.807) is 16.7 Å². The number of hydrogen-bond donors (Lipinski definition) is 0. The Labute approximate surface area is 464 Å². The van der Waals surface area contributed by atoms with E-state index in [0.717, 1.165) is 6.54 Å². The summed E-state index contributed by atoms with van der Waals surface area (Å²) in [6.45, 7) is 47.7. The van der Waals surface area contributed by atoms with Crippen LogP contribution in [0.1, 0.15) is 192 Å². The Balaban J connectivity index is 1.18. The first-order chi connectivity index (χ1) is 35.3. The van der Waals surface area contributed by atoms with Crippen LogP contribution in [0.5, 0.6) is 0 Å². The van der Waals surface area contributed by atoms with Gasteiger partial charge in [0.25, 0.3) is 6.71 Å². The lowest BCUT2D eigenvalue weighted by molar-refractivity contribution is 0.332. The molecule has 7 aromatic rings. The fourth-order valence-corrected chi connectivity index (χ4v) is 17.3. The van der Waals surface area contributed by atoms with Gasteiger partial charge in [-0.05, 0) is 198 Å². The van der Waals surface area contributed by atoms with Crippen LogP contribution in [0.25, 0.3) is 21.2 Å². The molecule has 0 bridgehead atoms. The quantitative estimate of drug-likeness (QED) is 0.159. The molecular weight excluding hydrogens is 952 g/mol. The summed E-state index contributed by atoms with van der Waals surface area (Å²) in [6.07, 6.45) is 7.17. The number of fused-ring (bicyclic) bond motifs is 9. The summed E-state index contributed by atoms with van der Waals surface area (Å²) in [7, 11) is -1.66. The fraction of sp³-hybridized carbons (Fsp3) is 0.465. The average molecular weight is 1040 g/mol. The zero-order valence-corrected chi connectivity index (χ0v) is 51.9. The van der Waals surface area contributed by atoms with Gasteiger partial charge in [-0.15, -0.1) is 11.3 Å². The molecule has 2 aliphatic heterocycles. The zero-order valence-electron chi connectivity index (χ0n) is 50.1. The third-order valence-corrected chi connectivity index (χ3v) is 23.6. The average Bonchev–Trinajstić information content (AvgIpc) is 3.85. The van der Waals surface area contributed by atoms with Crippen LogP contribution in [0.2, 0.25) is 19.6 Å². The molecule has 6 aromatic carbocycles. The molecular formula is C71H87BN2SSi. The SMILES string of the molecule is Cc1cc2c3c(c1)N(c1ccc4c(c1)C(C)(C)CCC4(C)C)c1cc4c(cc1B3c1sc3cc5c(cc3c1N2Cc1ccc([Si](C)(C)C)cc1-c1ccc(C(C)(C)C)cc1)C(C)(C)CCC5(C)C)C(C)(C)CCC4(C)C. The molecule has 0 fully saturated rings. The number of anilines is 5. The van der Waals surface area contributed by atoms with Crippen molar-refractivity contribution in [3.8, 4) is 11.1 Å². The summed E-state index contributed by atoms with van der Waals surface area (Å²) in [4.78, 5) is 5.58. The Bertz CT molecular complexity index is 3560. The molecule has 3 aliphatic carbocycles. The molecule has 12 rings (SSSR count). The van der Waals surface area contributed by atoms with E-state index in [-0.39, 0.29) is 44.6 Å². The highest BCUT2D eigenvalue weighted by atomic mass is 32.1. The lowest BCUT2D eigenvalue weighted by atomic mass is 9.35. The van der Waals surface area contributed by atoms with Crippen molar-refractivity contribution in [3.63, 3.8) is 0 Å². The van der Waals surface area contributed by atoms with Gasteiger partial charge in [0.1, 0.15) is 0 Å². The Hall–Kier alpha value is -4.84. The van der Waals surface area contributed by atoms with Crippen molar-refractivity contribution in [2.45, 2.75) is 213 Å². The molecule has 0 saturated carbocycles. The van der Waals surface area contributed by atoms with Gasteiger partial charge in [0.2, 0.25) is 0 Å². The maximum absolute atomic E-state index is 2.83. The van der Waals surface area contributed by atoms with Crippen molar-refractivity contribution in [3.05, 3.63) is 147 Å². The highest BCUT2D eigenvalue weighted by Gasteiger charge is 2.49. The van der Waals surface area contributed by atoms with Crippen LogP contribution in [0, 0.1) is 6.92 Å². The van der Waals surface area contributed by atoms with Crippen molar-refractivity contribution < 1.29 is 0 Å². The molecule has 0 spiro atoms. The highest BCUT2D eigenvalue weighted by Crippen LogP contribution is 2.55. The van der Waals surface area contributed by atoms with E-state index in [4.69, 9.17) is 0 Å². The van der Waals surface area contributed by atoms with E-state index >= 15 is 0 Å². The van der Waals surface area contributed by atoms with Crippen molar-refractivity contribution in [2.24, 2.45) is 0 Å². The summed E-state index contributed by atoms with van der Waals surface area (Å²) >= 11 is 2.10. The Morgan fingerprint density at radius 3 is 1.64 bits per heavy atom. The number of benzene rings is 6. The molecule has 0 unspecified atom stereocenters. The van der Waals surface area contributed by atoms with Crippen molar-refractivity contribution in [1.29, 1.82) is 0 Å². The molecule has 3 heterocycles. The minimum absolute atomic E-state index is 0.0615. The van der Waals surface area contributed by atoms with Crippen LogP contribution in [0.3, 0.4) is 0 Å². The van der Waals surface area contributed by atoms with Crippen molar-refractivity contribution >= 4 is 85.5 Å². The molecule has 0 saturated heterocycles. The minimum atomic E-state index is -1.66. The summed E-state index contributed by atoms with van der Waals surface area (Å²) in [6, 6.07) is 40.8. The van der Waals surface area contributed by atoms with Gasteiger partial charge in [-0.1, -0.05) is 183 Å². The predicted molar refractivity (Wildman–Crippen MR) is 338 cm³/mol. The van der Waals surface area contributed by atoms with Crippen molar-refractivity contribution in [2.75, 3.05) is 9.80 Å². The molecule has 0 amide bonds. The van der Waals surface area contributed by atoms with Gasteiger partial charge >= 0.3 is 0 Å². The van der Waals surface area contributed by atoms with E-state index in [9.17, 15) is 0 Å². The zero-order chi connectivity index (χ0) is 54.4. The van der Waals surface area contributed by atoms with Crippen LogP contribution in [-0.2, 0) is 44.4 Å². The smallest absolute Gasteiger partial charge is 0.264 e. The van der Waals surface area contributed by atoms with Gasteiger partial charge in [0.05, 0.1) is 13.8 Å². The third kappa shape index (κ3) is 8.02. The predicted octanol–water partition coefficient (Wildman–Crippen LogP) is 17.7. The van der Waals surface area contributed by atoms with Crippen LogP contribution < -0.4 is 30.7 Å². The Morgan fingerprint density at radius 1 is 0.539 bits per heavy atom. The topological polar surface area (TPSA) is 6.48 Å². The van der Waals surface area contributed by atoms with Gasteiger partial charge in [-0.25, -0.2) is 0 Å². The minimum Gasteiger partial charge on any atom is -0.337 e. The lowest BCUT2D eigenvalue weighted by Gasteiger charge is -2.47. The summed E-state index contributed by atoms with van der Waals surface area (Å²) < 4.78 is 2.93. The first-order valence-corrected chi connectivity index (χ1v) is 33.5. The summed E-state index contributed by atoms with van der Waals surface area (Å²) in [5.74, 6) is 0. The van der Waals surface area contributed by atoms with Crippen LogP contribution in [-0.4, -0.2) is 14.8 Å². The highest BCUT2D eigenvalue weighted by molar-refractivity contribution is 7.33. The second kappa shape index (κ2) is 16.6. The standard InChI is InChI=1S/C71H87BN2SSi/c1-43-34-59-62-60(35-43)74(47-25-27-51-52(36-47)67(7,8)29-28-66(51,5)6)58-40-55-54(69(11,12)31-32-70(55,13)14)39-57(58)72(62)64-63(50-38-53-56(41-61(50)75-64)71(15,16)33-30-68(53,9)10)73(59)42-45-22-26-48(76(17,18)19)37-49(45)44-20-23-46(24-21-44)65(2,3)4/h20-27,34-41H,28-33,42H2,1-19H3. The van der Waals surface area contributed by atoms with E-state index in [2.05, 4.69) is 249 Å². The summed E-state index contributed by atoms with van der Waals surface area (Å²) in [5, 5.41) is 2.94. The third-order valence-electron chi connectivity index (χ3n) is 20.3. The van der Waals surface area contributed by atoms with E-state index in [0.29, 0.717) is 0 Å². The fourth-order valence-electron chi connectivity index (χ4n) is 14.8. The number of thiophene rings is 1. The number of hydrogen-bond acceptors (Lipinski definition) is 3. The molecule has 1 aromatic heterocycles. The monoisotopic (exact) mass is 1040 g/mol. The first-order valence-electron chi connectivity index (χ1n) is 29.2. The van der Waals surface area contributed by atoms with Gasteiger partial charge in [-0.2, -0.15) is 0 Å². The number of nitrogens with zero attached hydrogens (tertiary/aromatic N) is 2. The maximum Gasteiger partial charge on any atom is 0.264 e. The normalized spacial score (nSPS) is 20.1. The van der Waals surface area contributed by atoms with E-state index in [1.807, 2.05) is 0 Å². The maximum atomic E-state index is 2.83. The molecule has 5 aliphatic rings. The van der Waals surface area contributed by atoms with Gasteiger partial charge in [0.15, 0.2) is 0 Å². The summed E-state index contributed by atoms with van der Waals surface area (Å²) in [5.41, 5.74) is 26.3. The second-order valence-corrected chi connectivity index (χ2v) is 36.9.